The second kappa shape index (κ2) is 10.1. The second-order valence-electron chi connectivity index (χ2n) is 6.27. The molecule has 29 heavy (non-hydrogen) atoms. The molecule has 152 valence electrons. The first-order valence-corrected chi connectivity index (χ1v) is 10.0. The van der Waals surface area contributed by atoms with E-state index in [1.54, 1.807) is 31.3 Å². The molecular weight excluding hydrogens is 390 g/mol. The number of amidine groups is 1. The molecule has 0 radical (unpaired) electrons. The zero-order valence-corrected chi connectivity index (χ0v) is 17.1. The van der Waals surface area contributed by atoms with Gasteiger partial charge in [0.1, 0.15) is 11.0 Å². The molecule has 1 aliphatic heterocycles. The van der Waals surface area contributed by atoms with Crippen molar-refractivity contribution in [3.05, 3.63) is 54.6 Å². The summed E-state index contributed by atoms with van der Waals surface area (Å²) in [4.78, 5) is 31.6. The molecule has 3 rings (SSSR count). The molecule has 2 amide bonds. The zero-order valence-electron chi connectivity index (χ0n) is 16.3. The quantitative estimate of drug-likeness (QED) is 0.718. The highest BCUT2D eigenvalue weighted by Gasteiger charge is 2.39. The molecule has 0 saturated carbocycles. The first-order valence-electron chi connectivity index (χ1n) is 9.16. The molecule has 8 heteroatoms. The number of hydrogen-bond acceptors (Lipinski definition) is 6. The lowest BCUT2D eigenvalue weighted by molar-refractivity contribution is -0.128. The minimum Gasteiger partial charge on any atom is -0.495 e. The van der Waals surface area contributed by atoms with E-state index in [4.69, 9.17) is 9.47 Å². The van der Waals surface area contributed by atoms with Crippen LogP contribution >= 0.6 is 11.8 Å². The van der Waals surface area contributed by atoms with Crippen LogP contribution in [0.2, 0.25) is 0 Å². The van der Waals surface area contributed by atoms with Crippen LogP contribution in [0.4, 0.5) is 11.4 Å². The van der Waals surface area contributed by atoms with Gasteiger partial charge in [-0.15, -0.1) is 0 Å². The van der Waals surface area contributed by atoms with Crippen LogP contribution in [0.25, 0.3) is 0 Å². The standard InChI is InChI=1S/C21H23N3O4S/c1-27-13-12-24-20(26)18(29-21(24)22-15-8-4-3-5-9-15)14-19(25)23-16-10-6-7-11-17(16)28-2/h3-11,18H,12-14H2,1-2H3,(H,23,25)/t18-/m1/s1. The Morgan fingerprint density at radius 3 is 2.59 bits per heavy atom. The third-order valence-corrected chi connectivity index (χ3v) is 5.45. The SMILES string of the molecule is COCCN1C(=O)[C@@H](CC(=O)Nc2ccccc2OC)SC1=Nc1ccccc1. The van der Waals surface area contributed by atoms with E-state index >= 15 is 0 Å². The van der Waals surface area contributed by atoms with E-state index < -0.39 is 5.25 Å². The second-order valence-corrected chi connectivity index (χ2v) is 7.44. The van der Waals surface area contributed by atoms with Crippen LogP contribution in [0.15, 0.2) is 59.6 Å². The first kappa shape index (κ1) is 20.9. The van der Waals surface area contributed by atoms with Crippen LogP contribution in [0.3, 0.4) is 0 Å². The molecule has 1 heterocycles. The molecule has 0 aromatic heterocycles. The lowest BCUT2D eigenvalue weighted by atomic mass is 10.2. The third-order valence-electron chi connectivity index (χ3n) is 4.27. The summed E-state index contributed by atoms with van der Waals surface area (Å²) in [7, 11) is 3.13. The number of anilines is 1. The Morgan fingerprint density at radius 2 is 1.86 bits per heavy atom. The van der Waals surface area contributed by atoms with E-state index in [-0.39, 0.29) is 18.2 Å². The molecule has 0 spiro atoms. The van der Waals surface area contributed by atoms with Gasteiger partial charge in [0.15, 0.2) is 5.17 Å². The van der Waals surface area contributed by atoms with Crippen LogP contribution in [-0.2, 0) is 14.3 Å². The number of methoxy groups -OCH3 is 2. The number of carbonyl (C=O) groups excluding carboxylic acids is 2. The maximum atomic E-state index is 12.9. The van der Waals surface area contributed by atoms with Crippen LogP contribution < -0.4 is 10.1 Å². The highest BCUT2D eigenvalue weighted by molar-refractivity contribution is 8.15. The Hall–Kier alpha value is -2.84. The summed E-state index contributed by atoms with van der Waals surface area (Å²) in [5.74, 6) is 0.171. The molecule has 2 aromatic carbocycles. The van der Waals surface area contributed by atoms with Gasteiger partial charge in [-0.1, -0.05) is 42.1 Å². The number of ether oxygens (including phenoxy) is 2. The number of rotatable bonds is 8. The Labute approximate surface area is 174 Å². The van der Waals surface area contributed by atoms with Crippen molar-refractivity contribution in [2.45, 2.75) is 11.7 Å². The number of aliphatic imine (C=N–C) groups is 1. The Kier molecular flexibility index (Phi) is 7.26. The minimum absolute atomic E-state index is 0.0405. The van der Waals surface area contributed by atoms with Gasteiger partial charge < -0.3 is 14.8 Å². The largest absolute Gasteiger partial charge is 0.495 e. The summed E-state index contributed by atoms with van der Waals surface area (Å²) in [6.45, 7) is 0.777. The predicted molar refractivity (Wildman–Crippen MR) is 115 cm³/mol. The average molecular weight is 413 g/mol. The summed E-state index contributed by atoms with van der Waals surface area (Å²) in [6.07, 6.45) is 0.0405. The number of nitrogens with zero attached hydrogens (tertiary/aromatic N) is 2. The van der Waals surface area contributed by atoms with Gasteiger partial charge in [0, 0.05) is 13.5 Å². The Morgan fingerprint density at radius 1 is 1.14 bits per heavy atom. The van der Waals surface area contributed by atoms with Crippen molar-refractivity contribution < 1.29 is 19.1 Å². The molecule has 0 bridgehead atoms. The lowest BCUT2D eigenvalue weighted by Gasteiger charge is -2.15. The molecule has 1 atom stereocenters. The molecular formula is C21H23N3O4S. The molecule has 1 fully saturated rings. The maximum absolute atomic E-state index is 12.9. The van der Waals surface area contributed by atoms with Crippen molar-refractivity contribution in [1.29, 1.82) is 0 Å². The van der Waals surface area contributed by atoms with Crippen LogP contribution in [0, 0.1) is 0 Å². The van der Waals surface area contributed by atoms with Crippen molar-refractivity contribution in [2.75, 3.05) is 32.7 Å². The van der Waals surface area contributed by atoms with Crippen LogP contribution in [-0.4, -0.2) is 54.5 Å². The van der Waals surface area contributed by atoms with Gasteiger partial charge in [0.25, 0.3) is 0 Å². The van der Waals surface area contributed by atoms with Gasteiger partial charge in [-0.25, -0.2) is 4.99 Å². The number of hydrogen-bond donors (Lipinski definition) is 1. The third kappa shape index (κ3) is 5.36. The van der Waals surface area contributed by atoms with Crippen molar-refractivity contribution in [2.24, 2.45) is 4.99 Å². The normalized spacial score (nSPS) is 17.6. The highest BCUT2D eigenvalue weighted by Crippen LogP contribution is 2.32. The van der Waals surface area contributed by atoms with Gasteiger partial charge in [-0.05, 0) is 24.3 Å². The minimum atomic E-state index is -0.538. The van der Waals surface area contributed by atoms with Gasteiger partial charge in [0.05, 0.1) is 31.6 Å². The van der Waals surface area contributed by atoms with Gasteiger partial charge in [-0.3, -0.25) is 14.5 Å². The van der Waals surface area contributed by atoms with Crippen molar-refractivity contribution >= 4 is 40.1 Å². The van der Waals surface area contributed by atoms with E-state index in [0.29, 0.717) is 29.8 Å². The maximum Gasteiger partial charge on any atom is 0.242 e. The molecule has 0 aliphatic carbocycles. The summed E-state index contributed by atoms with van der Waals surface area (Å²) in [5, 5.41) is 2.86. The number of thioether (sulfide) groups is 1. The van der Waals surface area contributed by atoms with Gasteiger partial charge in [0.2, 0.25) is 11.8 Å². The zero-order chi connectivity index (χ0) is 20.6. The first-order chi connectivity index (χ1) is 14.1. The fourth-order valence-corrected chi connectivity index (χ4v) is 4.03. The number of benzene rings is 2. The molecule has 7 nitrogen and oxygen atoms in total. The summed E-state index contributed by atoms with van der Waals surface area (Å²) < 4.78 is 10.4. The van der Waals surface area contributed by atoms with E-state index in [0.717, 1.165) is 5.69 Å². The van der Waals surface area contributed by atoms with E-state index in [2.05, 4.69) is 10.3 Å². The number of nitrogens with one attached hydrogen (secondary N) is 1. The highest BCUT2D eigenvalue weighted by atomic mass is 32.2. The summed E-state index contributed by atoms with van der Waals surface area (Å²) in [6, 6.07) is 16.6. The molecule has 0 unspecified atom stereocenters. The van der Waals surface area contributed by atoms with E-state index in [9.17, 15) is 9.59 Å². The number of amides is 2. The van der Waals surface area contributed by atoms with Crippen molar-refractivity contribution in [1.82, 2.24) is 4.90 Å². The average Bonchev–Trinajstić information content (AvgIpc) is 3.01. The summed E-state index contributed by atoms with van der Waals surface area (Å²) in [5.41, 5.74) is 1.33. The molecule has 1 saturated heterocycles. The van der Waals surface area contributed by atoms with Crippen LogP contribution in [0.1, 0.15) is 6.42 Å². The Bertz CT molecular complexity index is 889. The number of para-hydroxylation sites is 3. The van der Waals surface area contributed by atoms with Crippen LogP contribution in [0.5, 0.6) is 5.75 Å². The number of carbonyl (C=O) groups is 2. The lowest BCUT2D eigenvalue weighted by Crippen LogP contribution is -2.35. The van der Waals surface area contributed by atoms with Gasteiger partial charge in [-0.2, -0.15) is 0 Å². The van der Waals surface area contributed by atoms with E-state index in [1.807, 2.05) is 42.5 Å². The molecule has 2 aromatic rings. The fraction of sp³-hybridized carbons (Fsp3) is 0.286. The van der Waals surface area contributed by atoms with Crippen molar-refractivity contribution in [3.63, 3.8) is 0 Å². The van der Waals surface area contributed by atoms with Gasteiger partial charge >= 0.3 is 0 Å². The topological polar surface area (TPSA) is 80.2 Å². The Balaban J connectivity index is 1.73. The monoisotopic (exact) mass is 413 g/mol. The molecule has 1 N–H and O–H groups in total. The van der Waals surface area contributed by atoms with Crippen molar-refractivity contribution in [3.8, 4) is 5.75 Å². The fourth-order valence-electron chi connectivity index (χ4n) is 2.84. The summed E-state index contributed by atoms with van der Waals surface area (Å²) >= 11 is 1.30. The molecule has 1 aliphatic rings. The smallest absolute Gasteiger partial charge is 0.242 e. The van der Waals surface area contributed by atoms with E-state index in [1.165, 1.54) is 11.8 Å². The predicted octanol–water partition coefficient (Wildman–Crippen LogP) is 3.30.